The molecule has 0 spiro atoms. The molecule has 0 aromatic heterocycles. The molecule has 0 saturated carbocycles. The largest absolute Gasteiger partial charge is 0.240 e. The van der Waals surface area contributed by atoms with Crippen molar-refractivity contribution in [2.24, 2.45) is 5.92 Å². The van der Waals surface area contributed by atoms with Gasteiger partial charge in [0.2, 0.25) is 10.0 Å². The van der Waals surface area contributed by atoms with Gasteiger partial charge in [-0.25, -0.2) is 17.5 Å². The number of aryl methyl sites for hydroxylation is 1. The molecule has 0 saturated heterocycles. The Hall–Kier alpha value is -0.650. The summed E-state index contributed by atoms with van der Waals surface area (Å²) < 4.78 is 39.5. The van der Waals surface area contributed by atoms with Gasteiger partial charge in [-0.05, 0) is 30.5 Å². The lowest BCUT2D eigenvalue weighted by molar-refractivity contribution is 0.554. The molecule has 0 heterocycles. The molecule has 0 aliphatic rings. The summed E-state index contributed by atoms with van der Waals surface area (Å²) in [5.74, 6) is -0.421. The van der Waals surface area contributed by atoms with Crippen molar-refractivity contribution in [3.05, 3.63) is 29.6 Å². The molecule has 0 bridgehead atoms. The highest BCUT2D eigenvalue weighted by Crippen LogP contribution is 2.17. The molecule has 1 unspecified atom stereocenters. The smallest absolute Gasteiger partial charge is 0.210 e. The minimum Gasteiger partial charge on any atom is -0.210 e. The molecular weight excluding hydrogens is 277 g/mol. The van der Waals surface area contributed by atoms with Crippen molar-refractivity contribution in [1.29, 1.82) is 0 Å². The van der Waals surface area contributed by atoms with Gasteiger partial charge in [-0.3, -0.25) is 0 Å². The third-order valence-corrected chi connectivity index (χ3v) is 4.86. The van der Waals surface area contributed by atoms with E-state index in [1.165, 1.54) is 12.1 Å². The van der Waals surface area contributed by atoms with E-state index in [0.717, 1.165) is 6.07 Å². The maximum absolute atomic E-state index is 13.1. The van der Waals surface area contributed by atoms with Crippen LogP contribution in [0.3, 0.4) is 0 Å². The number of rotatable bonds is 5. The van der Waals surface area contributed by atoms with Crippen LogP contribution in [0.5, 0.6) is 0 Å². The number of sulfonamides is 1. The predicted octanol–water partition coefficient (Wildman–Crippen LogP) is 2.68. The molecule has 1 rings (SSSR count). The average molecular weight is 294 g/mol. The molecule has 0 radical (unpaired) electrons. The van der Waals surface area contributed by atoms with Crippen molar-refractivity contribution >= 4 is 21.6 Å². The van der Waals surface area contributed by atoms with Crippen LogP contribution in [0.15, 0.2) is 23.1 Å². The van der Waals surface area contributed by atoms with Crippen LogP contribution in [-0.4, -0.2) is 20.3 Å². The van der Waals surface area contributed by atoms with E-state index in [-0.39, 0.29) is 22.7 Å². The summed E-state index contributed by atoms with van der Waals surface area (Å²) in [4.78, 5) is -0.0462. The van der Waals surface area contributed by atoms with Crippen LogP contribution in [0, 0.1) is 18.7 Å². The third kappa shape index (κ3) is 3.93. The second kappa shape index (κ2) is 5.99. The topological polar surface area (TPSA) is 46.2 Å². The lowest BCUT2D eigenvalue weighted by Gasteiger charge is -2.15. The van der Waals surface area contributed by atoms with Crippen LogP contribution in [0.25, 0.3) is 0 Å². The van der Waals surface area contributed by atoms with E-state index in [2.05, 4.69) is 4.72 Å². The highest BCUT2D eigenvalue weighted by atomic mass is 35.5. The van der Waals surface area contributed by atoms with Crippen LogP contribution >= 0.6 is 11.6 Å². The molecular formula is C12H17ClFNO2S. The van der Waals surface area contributed by atoms with Gasteiger partial charge in [0, 0.05) is 11.9 Å². The van der Waals surface area contributed by atoms with Gasteiger partial charge in [0.1, 0.15) is 5.82 Å². The second-order valence-corrected chi connectivity index (χ2v) is 6.82. The summed E-state index contributed by atoms with van der Waals surface area (Å²) >= 11 is 5.98. The molecule has 0 fully saturated rings. The molecule has 18 heavy (non-hydrogen) atoms. The first-order valence-corrected chi connectivity index (χ1v) is 7.56. The number of nitrogens with one attached hydrogen (secondary N) is 1. The highest BCUT2D eigenvalue weighted by molar-refractivity contribution is 7.89. The third-order valence-electron chi connectivity index (χ3n) is 2.63. The minimum atomic E-state index is -3.72. The van der Waals surface area contributed by atoms with Crippen molar-refractivity contribution < 1.29 is 12.8 Å². The van der Waals surface area contributed by atoms with Gasteiger partial charge in [0.15, 0.2) is 0 Å². The Balaban J connectivity index is 2.90. The summed E-state index contributed by atoms with van der Waals surface area (Å²) in [6.45, 7) is 5.55. The summed E-state index contributed by atoms with van der Waals surface area (Å²) in [5.41, 5.74) is 0.500. The molecule has 0 aliphatic carbocycles. The summed E-state index contributed by atoms with van der Waals surface area (Å²) in [6.07, 6.45) is 0. The molecule has 0 amide bonds. The number of benzene rings is 1. The first-order valence-electron chi connectivity index (χ1n) is 5.64. The zero-order valence-electron chi connectivity index (χ0n) is 10.6. The van der Waals surface area contributed by atoms with E-state index in [1.54, 1.807) is 6.92 Å². The molecule has 1 atom stereocenters. The fourth-order valence-electron chi connectivity index (χ4n) is 1.37. The number of hydrogen-bond acceptors (Lipinski definition) is 2. The van der Waals surface area contributed by atoms with Crippen LogP contribution in [0.2, 0.25) is 0 Å². The van der Waals surface area contributed by atoms with Crippen LogP contribution < -0.4 is 4.72 Å². The van der Waals surface area contributed by atoms with E-state index in [1.807, 2.05) is 13.8 Å². The van der Waals surface area contributed by atoms with E-state index in [9.17, 15) is 12.8 Å². The molecule has 3 nitrogen and oxygen atoms in total. The zero-order valence-corrected chi connectivity index (χ0v) is 12.1. The van der Waals surface area contributed by atoms with E-state index < -0.39 is 15.8 Å². The van der Waals surface area contributed by atoms with Gasteiger partial charge in [-0.2, -0.15) is 0 Å². The van der Waals surface area contributed by atoms with E-state index >= 15 is 0 Å². The van der Waals surface area contributed by atoms with Gasteiger partial charge in [-0.1, -0.05) is 19.9 Å². The van der Waals surface area contributed by atoms with E-state index in [4.69, 9.17) is 11.6 Å². The monoisotopic (exact) mass is 293 g/mol. The first-order chi connectivity index (χ1) is 8.24. The van der Waals surface area contributed by atoms with Gasteiger partial charge in [-0.15, -0.1) is 11.6 Å². The lowest BCUT2D eigenvalue weighted by Crippen LogP contribution is -2.32. The second-order valence-electron chi connectivity index (χ2n) is 4.52. The van der Waals surface area contributed by atoms with Crippen molar-refractivity contribution in [2.75, 3.05) is 6.54 Å². The number of halogens is 2. The Morgan fingerprint density at radius 3 is 2.56 bits per heavy atom. The van der Waals surface area contributed by atoms with Gasteiger partial charge in [0.05, 0.1) is 4.90 Å². The summed E-state index contributed by atoms with van der Waals surface area (Å²) in [6, 6.07) is 3.67. The number of hydrogen-bond donors (Lipinski definition) is 1. The number of alkyl halides is 1. The molecule has 102 valence electrons. The molecule has 1 aromatic carbocycles. The van der Waals surface area contributed by atoms with Crippen molar-refractivity contribution in [3.63, 3.8) is 0 Å². The maximum atomic E-state index is 13.1. The Bertz CT molecular complexity index is 517. The Kier molecular flexibility index (Phi) is 5.13. The van der Waals surface area contributed by atoms with Gasteiger partial charge < -0.3 is 0 Å². The zero-order chi connectivity index (χ0) is 13.9. The summed E-state index contributed by atoms with van der Waals surface area (Å²) in [7, 11) is -3.72. The maximum Gasteiger partial charge on any atom is 0.240 e. The molecule has 1 aromatic rings. The predicted molar refractivity (Wildman–Crippen MR) is 70.8 cm³/mol. The molecule has 1 N–H and O–H groups in total. The average Bonchev–Trinajstić information content (AvgIpc) is 2.29. The van der Waals surface area contributed by atoms with Crippen LogP contribution in [-0.2, 0) is 10.0 Å². The standard InChI is InChI=1S/C12H17ClFNO2S/c1-8(2)11(13)7-15-18(16,17)12-6-10(14)5-4-9(12)3/h4-6,8,11,15H,7H2,1-3H3. The normalized spacial score (nSPS) is 13.9. The lowest BCUT2D eigenvalue weighted by atomic mass is 10.1. The van der Waals surface area contributed by atoms with Crippen molar-refractivity contribution in [2.45, 2.75) is 31.0 Å². The summed E-state index contributed by atoms with van der Waals surface area (Å²) in [5, 5.41) is -0.298. The Morgan fingerprint density at radius 1 is 1.39 bits per heavy atom. The molecule has 6 heteroatoms. The van der Waals surface area contributed by atoms with Crippen molar-refractivity contribution in [3.8, 4) is 0 Å². The fraction of sp³-hybridized carbons (Fsp3) is 0.500. The highest BCUT2D eigenvalue weighted by Gasteiger charge is 2.19. The fourth-order valence-corrected chi connectivity index (χ4v) is 2.85. The van der Waals surface area contributed by atoms with Crippen LogP contribution in [0.1, 0.15) is 19.4 Å². The first kappa shape index (κ1) is 15.4. The van der Waals surface area contributed by atoms with Gasteiger partial charge >= 0.3 is 0 Å². The van der Waals surface area contributed by atoms with E-state index in [0.29, 0.717) is 5.56 Å². The minimum absolute atomic E-state index is 0.0462. The van der Waals surface area contributed by atoms with Crippen molar-refractivity contribution in [1.82, 2.24) is 4.72 Å². The quantitative estimate of drug-likeness (QED) is 0.849. The SMILES string of the molecule is Cc1ccc(F)cc1S(=O)(=O)NCC(Cl)C(C)C. The Morgan fingerprint density at radius 2 is 2.00 bits per heavy atom. The van der Waals surface area contributed by atoms with Crippen LogP contribution in [0.4, 0.5) is 4.39 Å². The van der Waals surface area contributed by atoms with Gasteiger partial charge in [0.25, 0.3) is 0 Å². The molecule has 0 aliphatic heterocycles. The Labute approximate surface area is 112 Å².